The van der Waals surface area contributed by atoms with Gasteiger partial charge in [-0.1, -0.05) is 32.9 Å². The summed E-state index contributed by atoms with van der Waals surface area (Å²) in [4.78, 5) is 5.57. The van der Waals surface area contributed by atoms with Gasteiger partial charge in [-0.25, -0.2) is 4.98 Å². The van der Waals surface area contributed by atoms with Gasteiger partial charge in [0, 0.05) is 11.3 Å². The fourth-order valence-corrected chi connectivity index (χ4v) is 3.26. The number of aryl methyl sites for hydroxylation is 3. The normalized spacial score (nSPS) is 11.9. The van der Waals surface area contributed by atoms with Crippen LogP contribution in [0.25, 0.3) is 0 Å². The molecular weight excluding hydrogens is 264 g/mol. The minimum absolute atomic E-state index is 0.191. The van der Waals surface area contributed by atoms with E-state index in [1.165, 1.54) is 22.3 Å². The van der Waals surface area contributed by atoms with Crippen LogP contribution in [0, 0.1) is 20.8 Å². The third kappa shape index (κ3) is 3.04. The number of hydrogen-bond donors (Lipinski definition) is 1. The van der Waals surface area contributed by atoms with Crippen LogP contribution in [-0.2, 0) is 11.8 Å². The second-order valence-electron chi connectivity index (χ2n) is 6.56. The molecule has 1 heterocycles. The molecular formula is C17H24N2S. The molecule has 108 valence electrons. The second kappa shape index (κ2) is 5.21. The summed E-state index contributed by atoms with van der Waals surface area (Å²) >= 11 is 1.70. The fraction of sp³-hybridized carbons (Fsp3) is 0.471. The molecule has 3 heteroatoms. The summed E-state index contributed by atoms with van der Waals surface area (Å²) in [5, 5.41) is 1.11. The highest BCUT2D eigenvalue weighted by Gasteiger charge is 2.17. The predicted molar refractivity (Wildman–Crippen MR) is 88.7 cm³/mol. The summed E-state index contributed by atoms with van der Waals surface area (Å²) in [6.07, 6.45) is 0.880. The molecule has 20 heavy (non-hydrogen) atoms. The molecule has 2 rings (SSSR count). The van der Waals surface area contributed by atoms with Crippen molar-refractivity contribution in [3.8, 4) is 0 Å². The lowest BCUT2D eigenvalue weighted by Crippen LogP contribution is -2.12. The standard InChI is InChI=1S/C17H24N2S/c1-10-7-13(17(4,5)6)8-11(2)14(10)9-15-19-16(18)12(3)20-15/h7-8H,9,18H2,1-6H3. The second-order valence-corrected chi connectivity index (χ2v) is 7.85. The minimum Gasteiger partial charge on any atom is -0.383 e. The first kappa shape index (κ1) is 15.0. The smallest absolute Gasteiger partial charge is 0.137 e. The number of hydrogen-bond acceptors (Lipinski definition) is 3. The highest BCUT2D eigenvalue weighted by Crippen LogP contribution is 2.29. The molecule has 2 N–H and O–H groups in total. The zero-order valence-electron chi connectivity index (χ0n) is 13.3. The van der Waals surface area contributed by atoms with Crippen LogP contribution < -0.4 is 5.73 Å². The fourth-order valence-electron chi connectivity index (χ4n) is 2.40. The Morgan fingerprint density at radius 3 is 2.05 bits per heavy atom. The first-order chi connectivity index (χ1) is 9.18. The molecule has 2 nitrogen and oxygen atoms in total. The Morgan fingerprint density at radius 1 is 1.10 bits per heavy atom. The molecule has 0 aliphatic carbocycles. The molecule has 0 saturated carbocycles. The molecule has 0 aliphatic rings. The van der Waals surface area contributed by atoms with Crippen LogP contribution >= 0.6 is 11.3 Å². The Bertz CT molecular complexity index is 590. The summed E-state index contributed by atoms with van der Waals surface area (Å²) in [7, 11) is 0. The molecule has 0 atom stereocenters. The maximum atomic E-state index is 5.85. The molecule has 0 unspecified atom stereocenters. The topological polar surface area (TPSA) is 38.9 Å². The van der Waals surface area contributed by atoms with Crippen molar-refractivity contribution in [3.63, 3.8) is 0 Å². The number of nitrogens with zero attached hydrogens (tertiary/aromatic N) is 1. The van der Waals surface area contributed by atoms with E-state index in [4.69, 9.17) is 5.73 Å². The Labute approximate surface area is 126 Å². The van der Waals surface area contributed by atoms with E-state index in [0.717, 1.165) is 16.3 Å². The van der Waals surface area contributed by atoms with Gasteiger partial charge in [-0.3, -0.25) is 0 Å². The summed E-state index contributed by atoms with van der Waals surface area (Å²) in [6.45, 7) is 13.2. The molecule has 0 bridgehead atoms. The molecule has 2 aromatic rings. The number of anilines is 1. The van der Waals surface area contributed by atoms with Crippen LogP contribution in [0.4, 0.5) is 5.82 Å². The molecule has 0 saturated heterocycles. The van der Waals surface area contributed by atoms with E-state index in [9.17, 15) is 0 Å². The van der Waals surface area contributed by atoms with E-state index in [1.807, 2.05) is 6.92 Å². The monoisotopic (exact) mass is 288 g/mol. The molecule has 1 aromatic heterocycles. The van der Waals surface area contributed by atoms with Crippen molar-refractivity contribution in [2.75, 3.05) is 5.73 Å². The van der Waals surface area contributed by atoms with Gasteiger partial charge in [0.25, 0.3) is 0 Å². The number of aromatic nitrogens is 1. The summed E-state index contributed by atoms with van der Waals surface area (Å²) in [6, 6.07) is 4.62. The molecule has 0 spiro atoms. The number of benzene rings is 1. The van der Waals surface area contributed by atoms with Crippen molar-refractivity contribution in [1.29, 1.82) is 0 Å². The van der Waals surface area contributed by atoms with Crippen LogP contribution in [0.3, 0.4) is 0 Å². The van der Waals surface area contributed by atoms with Crippen molar-refractivity contribution in [2.45, 2.75) is 53.4 Å². The minimum atomic E-state index is 0.191. The van der Waals surface area contributed by atoms with Crippen molar-refractivity contribution in [2.24, 2.45) is 0 Å². The van der Waals surface area contributed by atoms with Gasteiger partial charge < -0.3 is 5.73 Å². The first-order valence-electron chi connectivity index (χ1n) is 7.01. The molecule has 0 radical (unpaired) electrons. The van der Waals surface area contributed by atoms with E-state index in [0.29, 0.717) is 5.82 Å². The van der Waals surface area contributed by atoms with Gasteiger partial charge in [-0.05, 0) is 48.4 Å². The lowest BCUT2D eigenvalue weighted by Gasteiger charge is -2.22. The zero-order chi connectivity index (χ0) is 15.1. The Morgan fingerprint density at radius 2 is 1.65 bits per heavy atom. The third-order valence-corrected chi connectivity index (χ3v) is 4.75. The number of rotatable bonds is 2. The van der Waals surface area contributed by atoms with Gasteiger partial charge in [0.05, 0.1) is 5.01 Å². The highest BCUT2D eigenvalue weighted by atomic mass is 32.1. The summed E-state index contributed by atoms with van der Waals surface area (Å²) < 4.78 is 0. The lowest BCUT2D eigenvalue weighted by molar-refractivity contribution is 0.589. The maximum absolute atomic E-state index is 5.85. The van der Waals surface area contributed by atoms with Gasteiger partial charge >= 0.3 is 0 Å². The average Bonchev–Trinajstić information content (AvgIpc) is 2.62. The van der Waals surface area contributed by atoms with Crippen LogP contribution in [0.2, 0.25) is 0 Å². The van der Waals surface area contributed by atoms with E-state index in [2.05, 4.69) is 51.7 Å². The van der Waals surface area contributed by atoms with Gasteiger partial charge in [-0.15, -0.1) is 11.3 Å². The summed E-state index contributed by atoms with van der Waals surface area (Å²) in [5.74, 6) is 0.673. The summed E-state index contributed by atoms with van der Waals surface area (Å²) in [5.41, 5.74) is 11.5. The molecule has 0 aliphatic heterocycles. The van der Waals surface area contributed by atoms with Gasteiger partial charge in [0.2, 0.25) is 0 Å². The van der Waals surface area contributed by atoms with Gasteiger partial charge in [-0.2, -0.15) is 0 Å². The number of nitrogens with two attached hydrogens (primary N) is 1. The largest absolute Gasteiger partial charge is 0.383 e. The first-order valence-corrected chi connectivity index (χ1v) is 7.82. The van der Waals surface area contributed by atoms with E-state index >= 15 is 0 Å². The van der Waals surface area contributed by atoms with Crippen molar-refractivity contribution < 1.29 is 0 Å². The van der Waals surface area contributed by atoms with Gasteiger partial charge in [0.1, 0.15) is 5.82 Å². The number of nitrogen functional groups attached to an aromatic ring is 1. The molecule has 0 fully saturated rings. The highest BCUT2D eigenvalue weighted by molar-refractivity contribution is 7.12. The Balaban J connectivity index is 2.38. The van der Waals surface area contributed by atoms with Crippen molar-refractivity contribution in [1.82, 2.24) is 4.98 Å². The van der Waals surface area contributed by atoms with Crippen LogP contribution in [0.1, 0.15) is 52.9 Å². The predicted octanol–water partition coefficient (Wildman–Crippen LogP) is 4.54. The lowest BCUT2D eigenvalue weighted by atomic mass is 9.83. The molecule has 1 aromatic carbocycles. The zero-order valence-corrected chi connectivity index (χ0v) is 14.1. The quantitative estimate of drug-likeness (QED) is 0.881. The van der Waals surface area contributed by atoms with Crippen molar-refractivity contribution >= 4 is 17.2 Å². The van der Waals surface area contributed by atoms with Crippen LogP contribution in [0.15, 0.2) is 12.1 Å². The van der Waals surface area contributed by atoms with E-state index in [1.54, 1.807) is 11.3 Å². The van der Waals surface area contributed by atoms with Crippen LogP contribution in [-0.4, -0.2) is 4.98 Å². The molecule has 0 amide bonds. The van der Waals surface area contributed by atoms with Crippen LogP contribution in [0.5, 0.6) is 0 Å². The SMILES string of the molecule is Cc1cc(C(C)(C)C)cc(C)c1Cc1nc(N)c(C)s1. The van der Waals surface area contributed by atoms with E-state index < -0.39 is 0 Å². The van der Waals surface area contributed by atoms with Crippen molar-refractivity contribution in [3.05, 3.63) is 44.3 Å². The Hall–Kier alpha value is -1.35. The number of thiazole rings is 1. The Kier molecular flexibility index (Phi) is 3.92. The maximum Gasteiger partial charge on any atom is 0.137 e. The third-order valence-electron chi connectivity index (χ3n) is 3.77. The van der Waals surface area contributed by atoms with E-state index in [-0.39, 0.29) is 5.41 Å². The van der Waals surface area contributed by atoms with Gasteiger partial charge in [0.15, 0.2) is 0 Å². The average molecular weight is 288 g/mol.